The van der Waals surface area contributed by atoms with Crippen LogP contribution in [-0.4, -0.2) is 28.5 Å². The number of carboxylic acids is 1. The summed E-state index contributed by atoms with van der Waals surface area (Å²) in [5, 5.41) is 8.81. The molecule has 0 aromatic carbocycles. The van der Waals surface area contributed by atoms with Gasteiger partial charge in [0, 0.05) is 16.6 Å². The molecule has 1 spiro atoms. The second kappa shape index (κ2) is 2.92. The van der Waals surface area contributed by atoms with Gasteiger partial charge in [0.1, 0.15) is 0 Å². The maximum Gasteiger partial charge on any atom is 0.307 e. The van der Waals surface area contributed by atoms with Crippen molar-refractivity contribution in [3.8, 4) is 0 Å². The van der Waals surface area contributed by atoms with E-state index in [1.54, 1.807) is 6.26 Å². The van der Waals surface area contributed by atoms with Crippen LogP contribution in [0.2, 0.25) is 0 Å². The predicted octanol–water partition coefficient (Wildman–Crippen LogP) is 2.48. The molecule has 5 heteroatoms. The number of carbonyl (C=O) groups is 1. The van der Waals surface area contributed by atoms with Crippen LogP contribution in [0.25, 0.3) is 0 Å². The van der Waals surface area contributed by atoms with Crippen LogP contribution in [-0.2, 0) is 4.79 Å². The van der Waals surface area contributed by atoms with Crippen molar-refractivity contribution in [2.24, 2.45) is 23.2 Å². The van der Waals surface area contributed by atoms with Crippen LogP contribution in [0.5, 0.6) is 0 Å². The van der Waals surface area contributed by atoms with Gasteiger partial charge in [0.2, 0.25) is 0 Å². The van der Waals surface area contributed by atoms with Crippen LogP contribution in [0.1, 0.15) is 19.3 Å². The van der Waals surface area contributed by atoms with E-state index in [9.17, 15) is 18.7 Å². The van der Waals surface area contributed by atoms with Gasteiger partial charge in [-0.2, -0.15) is 11.8 Å². The molecule has 1 N–H and O–H groups in total. The average Bonchev–Trinajstić information content (AvgIpc) is 2.27. The third-order valence-electron chi connectivity index (χ3n) is 5.03. The molecule has 5 unspecified atom stereocenters. The number of alkyl halides is 2. The molecule has 6 aliphatic carbocycles. The van der Waals surface area contributed by atoms with E-state index in [0.717, 1.165) is 0 Å². The number of rotatable bonds is 2. The lowest BCUT2D eigenvalue weighted by Crippen LogP contribution is -2.76. The van der Waals surface area contributed by atoms with Gasteiger partial charge in [-0.25, -0.2) is 8.78 Å². The van der Waals surface area contributed by atoms with Crippen LogP contribution in [0, 0.1) is 23.2 Å². The van der Waals surface area contributed by atoms with Gasteiger partial charge in [-0.3, -0.25) is 4.79 Å². The molecular formula is C11H14F2O2S. The highest BCUT2D eigenvalue weighted by molar-refractivity contribution is 7.99. The Kier molecular flexibility index (Phi) is 1.97. The molecule has 0 aliphatic heterocycles. The Morgan fingerprint density at radius 3 is 2.62 bits per heavy atom. The number of carboxylic acid groups (broad SMARTS) is 1. The van der Waals surface area contributed by atoms with Gasteiger partial charge in [0.15, 0.2) is 0 Å². The summed E-state index contributed by atoms with van der Waals surface area (Å²) in [6.07, 6.45) is 3.49. The summed E-state index contributed by atoms with van der Waals surface area (Å²) in [5.74, 6) is -5.02. The zero-order valence-electron chi connectivity index (χ0n) is 8.95. The maximum absolute atomic E-state index is 14.0. The van der Waals surface area contributed by atoms with Crippen molar-refractivity contribution in [3.05, 3.63) is 0 Å². The van der Waals surface area contributed by atoms with E-state index in [1.165, 1.54) is 11.8 Å². The van der Waals surface area contributed by atoms with Crippen LogP contribution in [0.4, 0.5) is 8.78 Å². The van der Waals surface area contributed by atoms with E-state index in [4.69, 9.17) is 0 Å². The van der Waals surface area contributed by atoms with E-state index in [-0.39, 0.29) is 5.92 Å². The van der Waals surface area contributed by atoms with Crippen molar-refractivity contribution < 1.29 is 18.7 Å². The lowest BCUT2D eigenvalue weighted by molar-refractivity contribution is -0.330. The molecule has 0 heterocycles. The van der Waals surface area contributed by atoms with E-state index in [2.05, 4.69) is 0 Å². The molecule has 0 aromatic rings. The van der Waals surface area contributed by atoms with Crippen LogP contribution in [0.15, 0.2) is 0 Å². The van der Waals surface area contributed by atoms with E-state index in [1.807, 2.05) is 0 Å². The van der Waals surface area contributed by atoms with Gasteiger partial charge in [-0.05, 0) is 31.4 Å². The molecule has 0 amide bonds. The molecule has 16 heavy (non-hydrogen) atoms. The van der Waals surface area contributed by atoms with Crippen molar-refractivity contribution in [1.82, 2.24) is 0 Å². The van der Waals surface area contributed by atoms with E-state index >= 15 is 0 Å². The van der Waals surface area contributed by atoms with Gasteiger partial charge in [-0.15, -0.1) is 0 Å². The number of aliphatic carboxylic acids is 1. The first kappa shape index (κ1) is 10.8. The van der Waals surface area contributed by atoms with E-state index < -0.39 is 34.4 Å². The Morgan fingerprint density at radius 2 is 2.19 bits per heavy atom. The molecule has 6 saturated carbocycles. The predicted molar refractivity (Wildman–Crippen MR) is 56.6 cm³/mol. The SMILES string of the molecule is CSC1C(C(=O)O)C2CCC13CC2C3(F)F. The quantitative estimate of drug-likeness (QED) is 0.815. The van der Waals surface area contributed by atoms with Gasteiger partial charge < -0.3 is 5.11 Å². The van der Waals surface area contributed by atoms with Crippen molar-refractivity contribution >= 4 is 17.7 Å². The Balaban J connectivity index is 2.05. The second-order valence-electron chi connectivity index (χ2n) is 5.31. The van der Waals surface area contributed by atoms with Crippen LogP contribution in [0.3, 0.4) is 0 Å². The minimum Gasteiger partial charge on any atom is -0.481 e. The Hall–Kier alpha value is -0.320. The Bertz CT molecular complexity index is 356. The molecule has 5 atom stereocenters. The molecule has 0 aromatic heterocycles. The first-order valence-electron chi connectivity index (χ1n) is 5.59. The average molecular weight is 248 g/mol. The number of hydrogen-bond acceptors (Lipinski definition) is 2. The zero-order chi connectivity index (χ0) is 11.7. The summed E-state index contributed by atoms with van der Waals surface area (Å²) >= 11 is 1.32. The van der Waals surface area contributed by atoms with E-state index in [0.29, 0.717) is 19.3 Å². The smallest absolute Gasteiger partial charge is 0.307 e. The van der Waals surface area contributed by atoms with Crippen molar-refractivity contribution in [2.75, 3.05) is 6.26 Å². The van der Waals surface area contributed by atoms with Crippen molar-refractivity contribution in [1.29, 1.82) is 0 Å². The molecule has 6 aliphatic rings. The molecule has 0 saturated heterocycles. The number of halogens is 2. The van der Waals surface area contributed by atoms with Crippen LogP contribution >= 0.6 is 11.8 Å². The minimum atomic E-state index is -2.62. The second-order valence-corrected chi connectivity index (χ2v) is 6.29. The maximum atomic E-state index is 14.0. The summed E-state index contributed by atoms with van der Waals surface area (Å²) in [6.45, 7) is 0. The summed E-state index contributed by atoms with van der Waals surface area (Å²) in [6, 6.07) is 0. The van der Waals surface area contributed by atoms with Gasteiger partial charge in [-0.1, -0.05) is 0 Å². The third-order valence-corrected chi connectivity index (χ3v) is 6.28. The number of hydrogen-bond donors (Lipinski definition) is 1. The van der Waals surface area contributed by atoms with Crippen molar-refractivity contribution in [2.45, 2.75) is 30.4 Å². The van der Waals surface area contributed by atoms with Gasteiger partial charge in [0.25, 0.3) is 5.92 Å². The topological polar surface area (TPSA) is 37.3 Å². The lowest BCUT2D eigenvalue weighted by atomic mass is 9.38. The fourth-order valence-corrected chi connectivity index (χ4v) is 5.77. The Labute approximate surface area is 96.8 Å². The highest BCUT2D eigenvalue weighted by Gasteiger charge is 2.81. The monoisotopic (exact) mass is 248 g/mol. The third kappa shape index (κ3) is 0.891. The van der Waals surface area contributed by atoms with Crippen LogP contribution < -0.4 is 0 Å². The Morgan fingerprint density at radius 1 is 1.50 bits per heavy atom. The summed E-state index contributed by atoms with van der Waals surface area (Å²) < 4.78 is 28.0. The van der Waals surface area contributed by atoms with Gasteiger partial charge in [0.05, 0.1) is 5.92 Å². The number of thioether (sulfide) groups is 1. The normalized spacial score (nSPS) is 52.2. The highest BCUT2D eigenvalue weighted by Crippen LogP contribution is 2.76. The summed E-state index contributed by atoms with van der Waals surface area (Å²) in [4.78, 5) is 11.2. The highest BCUT2D eigenvalue weighted by atomic mass is 32.2. The minimum absolute atomic E-state index is 0.305. The molecule has 0 radical (unpaired) electrons. The standard InChI is InChI=1S/C11H14F2O2S/c1-16-8-7(9(14)15)5-2-3-10(8)4-6(5)11(10,12)13/h5-8H,2-4H2,1H3,(H,14,15). The largest absolute Gasteiger partial charge is 0.481 e. The molecular weight excluding hydrogens is 234 g/mol. The first-order valence-corrected chi connectivity index (χ1v) is 6.88. The molecule has 3 bridgehead atoms. The molecule has 6 fully saturated rings. The summed E-state index contributed by atoms with van der Waals surface area (Å²) in [7, 11) is 0. The molecule has 2 nitrogen and oxygen atoms in total. The fourth-order valence-electron chi connectivity index (χ4n) is 4.34. The van der Waals surface area contributed by atoms with Crippen molar-refractivity contribution in [3.63, 3.8) is 0 Å². The lowest BCUT2D eigenvalue weighted by Gasteiger charge is -2.71. The summed E-state index contributed by atoms with van der Waals surface area (Å²) in [5.41, 5.74) is -1.01. The van der Waals surface area contributed by atoms with Gasteiger partial charge >= 0.3 is 5.97 Å². The fraction of sp³-hybridized carbons (Fsp3) is 0.909. The first-order chi connectivity index (χ1) is 7.45. The molecule has 6 rings (SSSR count). The zero-order valence-corrected chi connectivity index (χ0v) is 9.77. The molecule has 90 valence electrons.